The average molecular weight is 253 g/mol. The molecule has 0 bridgehead atoms. The third-order valence-electron chi connectivity index (χ3n) is 5.31. The molecule has 2 N–H and O–H groups in total. The van der Waals surface area contributed by atoms with Crippen molar-refractivity contribution < 1.29 is 9.90 Å². The molecule has 0 aromatic heterocycles. The van der Waals surface area contributed by atoms with Crippen molar-refractivity contribution >= 4 is 5.97 Å². The van der Waals surface area contributed by atoms with E-state index in [1.54, 1.807) is 0 Å². The van der Waals surface area contributed by atoms with Gasteiger partial charge >= 0.3 is 5.97 Å². The van der Waals surface area contributed by atoms with Gasteiger partial charge in [-0.15, -0.1) is 0 Å². The van der Waals surface area contributed by atoms with Crippen molar-refractivity contribution in [1.82, 2.24) is 5.32 Å². The SMILES string of the molecule is CC(C)(C)C1CCCC2(CC1)CNCC2C(=O)O. The summed E-state index contributed by atoms with van der Waals surface area (Å²) in [5.41, 5.74) is 0.391. The molecule has 3 nitrogen and oxygen atoms in total. The van der Waals surface area contributed by atoms with Crippen LogP contribution in [0.5, 0.6) is 0 Å². The van der Waals surface area contributed by atoms with E-state index in [9.17, 15) is 9.90 Å². The van der Waals surface area contributed by atoms with Gasteiger partial charge < -0.3 is 10.4 Å². The lowest BCUT2D eigenvalue weighted by atomic mass is 9.71. The summed E-state index contributed by atoms with van der Waals surface area (Å²) in [4.78, 5) is 11.4. The Hall–Kier alpha value is -0.570. The van der Waals surface area contributed by atoms with E-state index in [2.05, 4.69) is 26.1 Å². The molecule has 1 saturated carbocycles. The van der Waals surface area contributed by atoms with Gasteiger partial charge in [-0.3, -0.25) is 4.79 Å². The Morgan fingerprint density at radius 3 is 2.61 bits per heavy atom. The zero-order valence-corrected chi connectivity index (χ0v) is 12.0. The van der Waals surface area contributed by atoms with Crippen LogP contribution < -0.4 is 5.32 Å². The number of carbonyl (C=O) groups is 1. The van der Waals surface area contributed by atoms with Crippen LogP contribution in [0.4, 0.5) is 0 Å². The molecule has 3 heteroatoms. The van der Waals surface area contributed by atoms with Crippen molar-refractivity contribution in [2.24, 2.45) is 22.7 Å². The number of aliphatic carboxylic acids is 1. The van der Waals surface area contributed by atoms with Crippen LogP contribution in [0.25, 0.3) is 0 Å². The van der Waals surface area contributed by atoms with Crippen LogP contribution in [0.3, 0.4) is 0 Å². The maximum atomic E-state index is 11.4. The van der Waals surface area contributed by atoms with E-state index in [-0.39, 0.29) is 11.3 Å². The van der Waals surface area contributed by atoms with Crippen molar-refractivity contribution in [3.05, 3.63) is 0 Å². The summed E-state index contributed by atoms with van der Waals surface area (Å²) < 4.78 is 0. The summed E-state index contributed by atoms with van der Waals surface area (Å²) in [5, 5.41) is 12.7. The minimum atomic E-state index is -0.603. The van der Waals surface area contributed by atoms with E-state index in [0.29, 0.717) is 12.0 Å². The molecule has 2 fully saturated rings. The van der Waals surface area contributed by atoms with Crippen LogP contribution in [-0.2, 0) is 4.79 Å². The van der Waals surface area contributed by atoms with Crippen LogP contribution in [0, 0.1) is 22.7 Å². The first-order chi connectivity index (χ1) is 8.35. The smallest absolute Gasteiger partial charge is 0.308 e. The topological polar surface area (TPSA) is 49.3 Å². The lowest BCUT2D eigenvalue weighted by Gasteiger charge is -2.33. The fourth-order valence-corrected chi connectivity index (χ4v) is 3.98. The zero-order chi connectivity index (χ0) is 13.4. The standard InChI is InChI=1S/C15H27NO2/c1-14(2,3)11-5-4-7-15(8-6-11)10-16-9-12(15)13(17)18/h11-12,16H,4-10H2,1-3H3,(H,17,18). The Bertz CT molecular complexity index is 321. The molecule has 3 atom stereocenters. The minimum absolute atomic E-state index is 0.0336. The van der Waals surface area contributed by atoms with Gasteiger partial charge in [-0.05, 0) is 42.4 Å². The summed E-state index contributed by atoms with van der Waals surface area (Å²) in [6.45, 7) is 8.52. The highest BCUT2D eigenvalue weighted by Gasteiger charge is 2.47. The molecule has 1 aliphatic heterocycles. The van der Waals surface area contributed by atoms with Gasteiger partial charge in [0.05, 0.1) is 5.92 Å². The largest absolute Gasteiger partial charge is 0.481 e. The Kier molecular flexibility index (Phi) is 3.72. The van der Waals surface area contributed by atoms with Gasteiger partial charge in [-0.1, -0.05) is 27.2 Å². The van der Waals surface area contributed by atoms with Crippen molar-refractivity contribution in [3.8, 4) is 0 Å². The summed E-state index contributed by atoms with van der Waals surface area (Å²) >= 11 is 0. The molecule has 1 spiro atoms. The van der Waals surface area contributed by atoms with Gasteiger partial charge in [0.2, 0.25) is 0 Å². The van der Waals surface area contributed by atoms with E-state index < -0.39 is 5.97 Å². The Morgan fingerprint density at radius 1 is 1.28 bits per heavy atom. The Balaban J connectivity index is 2.10. The van der Waals surface area contributed by atoms with Gasteiger partial charge in [0.15, 0.2) is 0 Å². The van der Waals surface area contributed by atoms with Crippen molar-refractivity contribution in [1.29, 1.82) is 0 Å². The van der Waals surface area contributed by atoms with Gasteiger partial charge in [0, 0.05) is 13.1 Å². The molecule has 0 amide bonds. The number of carboxylic acids is 1. The highest BCUT2D eigenvalue weighted by molar-refractivity contribution is 5.72. The number of hydrogen-bond acceptors (Lipinski definition) is 2. The maximum absolute atomic E-state index is 11.4. The van der Waals surface area contributed by atoms with Gasteiger partial charge in [-0.25, -0.2) is 0 Å². The molecule has 2 aliphatic rings. The van der Waals surface area contributed by atoms with E-state index in [0.717, 1.165) is 25.3 Å². The Labute approximate surface area is 110 Å². The molecule has 0 radical (unpaired) electrons. The summed E-state index contributed by atoms with van der Waals surface area (Å²) in [6, 6.07) is 0. The van der Waals surface area contributed by atoms with Gasteiger partial charge in [0.1, 0.15) is 0 Å². The van der Waals surface area contributed by atoms with Crippen LogP contribution in [0.15, 0.2) is 0 Å². The molecular weight excluding hydrogens is 226 g/mol. The summed E-state index contributed by atoms with van der Waals surface area (Å²) in [6.07, 6.45) is 5.81. The number of carboxylic acid groups (broad SMARTS) is 1. The van der Waals surface area contributed by atoms with E-state index >= 15 is 0 Å². The average Bonchev–Trinajstić information content (AvgIpc) is 2.51. The second-order valence-electron chi connectivity index (χ2n) is 7.38. The first-order valence-electron chi connectivity index (χ1n) is 7.29. The van der Waals surface area contributed by atoms with Crippen molar-refractivity contribution in [2.75, 3.05) is 13.1 Å². The highest BCUT2D eigenvalue weighted by Crippen LogP contribution is 2.48. The first kappa shape index (κ1) is 13.9. The molecular formula is C15H27NO2. The molecule has 0 aromatic carbocycles. The quantitative estimate of drug-likeness (QED) is 0.755. The van der Waals surface area contributed by atoms with E-state index in [1.165, 1.54) is 19.3 Å². The molecule has 2 rings (SSSR count). The van der Waals surface area contributed by atoms with Gasteiger partial charge in [-0.2, -0.15) is 0 Å². The highest BCUT2D eigenvalue weighted by atomic mass is 16.4. The third kappa shape index (κ3) is 2.56. The third-order valence-corrected chi connectivity index (χ3v) is 5.31. The fourth-order valence-electron chi connectivity index (χ4n) is 3.98. The molecule has 1 aliphatic carbocycles. The number of nitrogens with one attached hydrogen (secondary N) is 1. The molecule has 104 valence electrons. The normalized spacial score (nSPS) is 37.7. The lowest BCUT2D eigenvalue weighted by molar-refractivity contribution is -0.145. The first-order valence-corrected chi connectivity index (χ1v) is 7.29. The van der Waals surface area contributed by atoms with Crippen molar-refractivity contribution in [2.45, 2.75) is 52.9 Å². The van der Waals surface area contributed by atoms with E-state index in [4.69, 9.17) is 0 Å². The monoisotopic (exact) mass is 253 g/mol. The minimum Gasteiger partial charge on any atom is -0.481 e. The zero-order valence-electron chi connectivity index (χ0n) is 12.0. The van der Waals surface area contributed by atoms with Crippen LogP contribution in [0.2, 0.25) is 0 Å². The maximum Gasteiger partial charge on any atom is 0.308 e. The number of rotatable bonds is 1. The molecule has 1 saturated heterocycles. The Morgan fingerprint density at radius 2 is 2.00 bits per heavy atom. The predicted octanol–water partition coefficient (Wildman–Crippen LogP) is 2.90. The second-order valence-corrected chi connectivity index (χ2v) is 7.38. The lowest BCUT2D eigenvalue weighted by Crippen LogP contribution is -2.34. The number of hydrogen-bond donors (Lipinski definition) is 2. The summed E-state index contributed by atoms with van der Waals surface area (Å²) in [5.74, 6) is -0.0302. The van der Waals surface area contributed by atoms with Crippen LogP contribution >= 0.6 is 0 Å². The predicted molar refractivity (Wildman–Crippen MR) is 72.5 cm³/mol. The van der Waals surface area contributed by atoms with E-state index in [1.807, 2.05) is 0 Å². The molecule has 3 unspecified atom stereocenters. The second kappa shape index (κ2) is 4.84. The molecule has 1 heterocycles. The molecule has 18 heavy (non-hydrogen) atoms. The van der Waals surface area contributed by atoms with Crippen LogP contribution in [-0.4, -0.2) is 24.2 Å². The fraction of sp³-hybridized carbons (Fsp3) is 0.933. The van der Waals surface area contributed by atoms with Crippen LogP contribution in [0.1, 0.15) is 52.9 Å². The van der Waals surface area contributed by atoms with Crippen molar-refractivity contribution in [3.63, 3.8) is 0 Å². The van der Waals surface area contributed by atoms with Gasteiger partial charge in [0.25, 0.3) is 0 Å². The molecule has 0 aromatic rings. The summed E-state index contributed by atoms with van der Waals surface area (Å²) in [7, 11) is 0.